The smallest absolute Gasteiger partial charge is 0.338 e. The van der Waals surface area contributed by atoms with Crippen LogP contribution in [-0.2, 0) is 0 Å². The van der Waals surface area contributed by atoms with Gasteiger partial charge in [0.25, 0.3) is 0 Å². The Bertz CT molecular complexity index is 631. The molecule has 6 nitrogen and oxygen atoms in total. The fourth-order valence-corrected chi connectivity index (χ4v) is 1.44. The first-order valence-corrected chi connectivity index (χ1v) is 5.37. The van der Waals surface area contributed by atoms with E-state index in [1.54, 1.807) is 31.2 Å². The molecule has 2 N–H and O–H groups in total. The van der Waals surface area contributed by atoms with E-state index in [1.807, 2.05) is 0 Å². The fraction of sp³-hybridized carbons (Fsp3) is 0.167. The van der Waals surface area contributed by atoms with Crippen molar-refractivity contribution < 1.29 is 4.79 Å². The first kappa shape index (κ1) is 12.0. The van der Waals surface area contributed by atoms with Gasteiger partial charge in [-0.25, -0.2) is 9.89 Å². The van der Waals surface area contributed by atoms with Gasteiger partial charge in [0.2, 0.25) is 0 Å². The van der Waals surface area contributed by atoms with Gasteiger partial charge in [-0.05, 0) is 38.1 Å². The van der Waals surface area contributed by atoms with Crippen LogP contribution in [0.4, 0.5) is 11.5 Å². The lowest BCUT2D eigenvalue weighted by atomic mass is 10.1. The van der Waals surface area contributed by atoms with E-state index in [0.717, 1.165) is 5.69 Å². The number of carbonyl (C=O) groups excluding carboxylic acids is 1. The van der Waals surface area contributed by atoms with Crippen LogP contribution in [0.25, 0.3) is 0 Å². The van der Waals surface area contributed by atoms with Crippen molar-refractivity contribution in [1.29, 1.82) is 0 Å². The molecule has 18 heavy (non-hydrogen) atoms. The number of aryl methyl sites for hydroxylation is 1. The molecule has 0 fully saturated rings. The van der Waals surface area contributed by atoms with Crippen molar-refractivity contribution in [2.24, 2.45) is 0 Å². The van der Waals surface area contributed by atoms with Gasteiger partial charge in [-0.2, -0.15) is 10.1 Å². The van der Waals surface area contributed by atoms with Crippen molar-refractivity contribution in [2.75, 3.05) is 5.32 Å². The van der Waals surface area contributed by atoms with E-state index < -0.39 is 5.69 Å². The number of benzene rings is 1. The minimum atomic E-state index is -0.511. The first-order chi connectivity index (χ1) is 8.56. The Kier molecular flexibility index (Phi) is 3.18. The van der Waals surface area contributed by atoms with Crippen molar-refractivity contribution in [3.8, 4) is 0 Å². The van der Waals surface area contributed by atoms with Crippen molar-refractivity contribution in [3.63, 3.8) is 0 Å². The first-order valence-electron chi connectivity index (χ1n) is 5.37. The highest BCUT2D eigenvalue weighted by Crippen LogP contribution is 2.16. The molecule has 92 valence electrons. The van der Waals surface area contributed by atoms with E-state index in [2.05, 4.69) is 20.5 Å². The van der Waals surface area contributed by atoms with E-state index in [1.165, 1.54) is 6.92 Å². The molecule has 0 amide bonds. The lowest BCUT2D eigenvalue weighted by Crippen LogP contribution is -2.15. The molecule has 2 aromatic rings. The van der Waals surface area contributed by atoms with Gasteiger partial charge >= 0.3 is 5.69 Å². The van der Waals surface area contributed by atoms with Crippen molar-refractivity contribution in [2.45, 2.75) is 13.8 Å². The lowest BCUT2D eigenvalue weighted by molar-refractivity contribution is 0.101. The molecule has 0 aliphatic rings. The van der Waals surface area contributed by atoms with Gasteiger partial charge in [0.15, 0.2) is 11.6 Å². The maximum absolute atomic E-state index is 11.1. The quantitative estimate of drug-likeness (QED) is 0.797. The highest BCUT2D eigenvalue weighted by atomic mass is 16.1. The van der Waals surface area contributed by atoms with Crippen LogP contribution in [0.5, 0.6) is 0 Å². The van der Waals surface area contributed by atoms with Crippen molar-refractivity contribution >= 4 is 17.3 Å². The molecule has 0 unspecified atom stereocenters. The average Bonchev–Trinajstić information content (AvgIpc) is 2.34. The standard InChI is InChI=1S/C12H12N4O2/c1-7-11(14-12(18)16-15-7)13-10-5-3-9(4-6-10)8(2)17/h3-6H,1-2H3,(H2,13,14,16,18). The number of nitrogens with zero attached hydrogens (tertiary/aromatic N) is 2. The molecule has 1 aromatic heterocycles. The predicted molar refractivity (Wildman–Crippen MR) is 67.1 cm³/mol. The van der Waals surface area contributed by atoms with Gasteiger partial charge in [0.1, 0.15) is 5.69 Å². The molecular formula is C12H12N4O2. The summed E-state index contributed by atoms with van der Waals surface area (Å²) in [5.41, 5.74) is 1.45. The SMILES string of the molecule is CC(=O)c1ccc(Nc2nc(=O)[nH]nc2C)cc1. The van der Waals surface area contributed by atoms with Crippen LogP contribution >= 0.6 is 0 Å². The van der Waals surface area contributed by atoms with Crippen LogP contribution in [0.3, 0.4) is 0 Å². The van der Waals surface area contributed by atoms with Gasteiger partial charge in [0.05, 0.1) is 0 Å². The summed E-state index contributed by atoms with van der Waals surface area (Å²) >= 11 is 0. The van der Waals surface area contributed by atoms with Crippen LogP contribution in [0.2, 0.25) is 0 Å². The molecule has 1 heterocycles. The number of aromatic amines is 1. The van der Waals surface area contributed by atoms with Crippen molar-refractivity contribution in [1.82, 2.24) is 15.2 Å². The molecule has 0 spiro atoms. The van der Waals surface area contributed by atoms with Gasteiger partial charge in [-0.15, -0.1) is 0 Å². The third kappa shape index (κ3) is 2.60. The highest BCUT2D eigenvalue weighted by molar-refractivity contribution is 5.94. The maximum atomic E-state index is 11.1. The Morgan fingerprint density at radius 3 is 2.56 bits per heavy atom. The molecule has 0 saturated carbocycles. The van der Waals surface area contributed by atoms with Crippen LogP contribution < -0.4 is 11.0 Å². The van der Waals surface area contributed by atoms with E-state index in [9.17, 15) is 9.59 Å². The van der Waals surface area contributed by atoms with Crippen LogP contribution in [0, 0.1) is 6.92 Å². The molecule has 2 rings (SSSR count). The number of aromatic nitrogens is 3. The fourth-order valence-electron chi connectivity index (χ4n) is 1.44. The van der Waals surface area contributed by atoms with E-state index in [0.29, 0.717) is 17.1 Å². The predicted octanol–water partition coefficient (Wildman–Crippen LogP) is 1.42. The number of Topliss-reactive ketones (excluding diaryl/α,β-unsaturated/α-hetero) is 1. The third-order valence-corrected chi connectivity index (χ3v) is 2.43. The molecule has 1 aromatic carbocycles. The monoisotopic (exact) mass is 244 g/mol. The van der Waals surface area contributed by atoms with Gasteiger partial charge in [-0.3, -0.25) is 4.79 Å². The minimum Gasteiger partial charge on any atom is -0.338 e. The Morgan fingerprint density at radius 2 is 1.94 bits per heavy atom. The summed E-state index contributed by atoms with van der Waals surface area (Å²) in [4.78, 5) is 26.0. The summed E-state index contributed by atoms with van der Waals surface area (Å²) in [5.74, 6) is 0.406. The number of H-pyrrole nitrogens is 1. The Balaban J connectivity index is 2.26. The molecule has 0 aliphatic heterocycles. The second kappa shape index (κ2) is 4.79. The third-order valence-electron chi connectivity index (χ3n) is 2.43. The topological polar surface area (TPSA) is 87.7 Å². The van der Waals surface area contributed by atoms with Crippen LogP contribution in [0.15, 0.2) is 29.1 Å². The average molecular weight is 244 g/mol. The molecular weight excluding hydrogens is 232 g/mol. The number of rotatable bonds is 3. The summed E-state index contributed by atoms with van der Waals surface area (Å²) in [5, 5.41) is 9.03. The van der Waals surface area contributed by atoms with E-state index in [4.69, 9.17) is 0 Å². The zero-order chi connectivity index (χ0) is 13.1. The summed E-state index contributed by atoms with van der Waals surface area (Å²) in [6, 6.07) is 6.92. The highest BCUT2D eigenvalue weighted by Gasteiger charge is 2.04. The summed E-state index contributed by atoms with van der Waals surface area (Å²) in [6.45, 7) is 3.24. The maximum Gasteiger partial charge on any atom is 0.363 e. The molecule has 0 aliphatic carbocycles. The number of anilines is 2. The number of hydrogen-bond acceptors (Lipinski definition) is 5. The number of ketones is 1. The van der Waals surface area contributed by atoms with Crippen LogP contribution in [-0.4, -0.2) is 21.0 Å². The Hall–Kier alpha value is -2.50. The minimum absolute atomic E-state index is 0.00803. The van der Waals surface area contributed by atoms with E-state index >= 15 is 0 Å². The molecule has 0 radical (unpaired) electrons. The summed E-state index contributed by atoms with van der Waals surface area (Å²) in [7, 11) is 0. The van der Waals surface area contributed by atoms with Gasteiger partial charge in [0, 0.05) is 11.3 Å². The van der Waals surface area contributed by atoms with E-state index in [-0.39, 0.29) is 5.78 Å². The van der Waals surface area contributed by atoms with Crippen molar-refractivity contribution in [3.05, 3.63) is 46.0 Å². The second-order valence-electron chi connectivity index (χ2n) is 3.83. The van der Waals surface area contributed by atoms with Crippen LogP contribution in [0.1, 0.15) is 23.0 Å². The second-order valence-corrected chi connectivity index (χ2v) is 3.83. The molecule has 0 atom stereocenters. The largest absolute Gasteiger partial charge is 0.363 e. The molecule has 0 saturated heterocycles. The zero-order valence-corrected chi connectivity index (χ0v) is 10.0. The number of hydrogen-bond donors (Lipinski definition) is 2. The molecule has 6 heteroatoms. The van der Waals surface area contributed by atoms with Gasteiger partial charge in [-0.1, -0.05) is 0 Å². The Morgan fingerprint density at radius 1 is 1.28 bits per heavy atom. The molecule has 0 bridgehead atoms. The zero-order valence-electron chi connectivity index (χ0n) is 10.0. The number of nitrogens with one attached hydrogen (secondary N) is 2. The Labute approximate surface area is 103 Å². The summed E-state index contributed by atoms with van der Waals surface area (Å²) in [6.07, 6.45) is 0. The van der Waals surface area contributed by atoms with Gasteiger partial charge < -0.3 is 5.32 Å². The number of carbonyl (C=O) groups is 1. The normalized spacial score (nSPS) is 10.1. The summed E-state index contributed by atoms with van der Waals surface area (Å²) < 4.78 is 0. The lowest BCUT2D eigenvalue weighted by Gasteiger charge is -2.06.